The second-order valence-electron chi connectivity index (χ2n) is 4.17. The summed E-state index contributed by atoms with van der Waals surface area (Å²) in [5.74, 6) is 0.386. The molecule has 0 fully saturated rings. The van der Waals surface area contributed by atoms with E-state index in [9.17, 15) is 5.11 Å². The fourth-order valence-electron chi connectivity index (χ4n) is 1.66. The molecule has 0 bridgehead atoms. The zero-order valence-electron chi connectivity index (χ0n) is 10.7. The van der Waals surface area contributed by atoms with Crippen LogP contribution in [-0.2, 0) is 11.3 Å². The van der Waals surface area contributed by atoms with E-state index in [0.717, 1.165) is 41.9 Å². The van der Waals surface area contributed by atoms with Crippen molar-refractivity contribution in [2.45, 2.75) is 20.4 Å². The van der Waals surface area contributed by atoms with E-state index < -0.39 is 0 Å². The molecule has 0 saturated carbocycles. The molecule has 1 aromatic carbocycles. The highest BCUT2D eigenvalue weighted by atomic mass is 79.9. The number of hydrogen-bond donors (Lipinski definition) is 1. The fourth-order valence-corrected chi connectivity index (χ4v) is 2.28. The van der Waals surface area contributed by atoms with E-state index in [0.29, 0.717) is 5.75 Å². The summed E-state index contributed by atoms with van der Waals surface area (Å²) in [6.07, 6.45) is 0. The van der Waals surface area contributed by atoms with E-state index in [1.165, 1.54) is 0 Å². The average Bonchev–Trinajstić information content (AvgIpc) is 2.25. The molecule has 1 rings (SSSR count). The third kappa shape index (κ3) is 4.66. The molecule has 0 amide bonds. The van der Waals surface area contributed by atoms with Gasteiger partial charge in [-0.1, -0.05) is 15.9 Å². The third-order valence-corrected chi connectivity index (χ3v) is 3.06. The topological polar surface area (TPSA) is 32.7 Å². The van der Waals surface area contributed by atoms with Gasteiger partial charge in [0.2, 0.25) is 0 Å². The van der Waals surface area contributed by atoms with Crippen LogP contribution in [0.4, 0.5) is 0 Å². The van der Waals surface area contributed by atoms with Gasteiger partial charge in [0.15, 0.2) is 0 Å². The first-order valence-electron chi connectivity index (χ1n) is 5.78. The highest BCUT2D eigenvalue weighted by Gasteiger charge is 2.08. The summed E-state index contributed by atoms with van der Waals surface area (Å²) in [5.41, 5.74) is 1.84. The highest BCUT2D eigenvalue weighted by molar-refractivity contribution is 9.10. The van der Waals surface area contributed by atoms with Crippen LogP contribution in [-0.4, -0.2) is 36.8 Å². The number of hydrogen-bond acceptors (Lipinski definition) is 3. The molecule has 4 heteroatoms. The predicted octanol–water partition coefficient (Wildman–Crippen LogP) is 2.93. The minimum Gasteiger partial charge on any atom is -0.507 e. The van der Waals surface area contributed by atoms with Gasteiger partial charge in [0.05, 0.1) is 6.61 Å². The Morgan fingerprint density at radius 3 is 2.76 bits per heavy atom. The highest BCUT2D eigenvalue weighted by Crippen LogP contribution is 2.27. The first-order valence-corrected chi connectivity index (χ1v) is 6.58. The molecule has 1 N–H and O–H groups in total. The Hall–Kier alpha value is -0.580. The van der Waals surface area contributed by atoms with Gasteiger partial charge < -0.3 is 9.84 Å². The van der Waals surface area contributed by atoms with Gasteiger partial charge in [-0.15, -0.1) is 0 Å². The molecule has 0 saturated heterocycles. The Labute approximate surface area is 112 Å². The van der Waals surface area contributed by atoms with Crippen molar-refractivity contribution in [3.8, 4) is 5.75 Å². The number of nitrogens with zero attached hydrogens (tertiary/aromatic N) is 1. The second kappa shape index (κ2) is 6.99. The number of aryl methyl sites for hydroxylation is 1. The van der Waals surface area contributed by atoms with Crippen LogP contribution in [0.5, 0.6) is 5.75 Å². The number of likely N-dealkylation sites (N-methyl/N-ethyl adjacent to an activating group) is 1. The molecular weight excluding hydrogens is 282 g/mol. The van der Waals surface area contributed by atoms with Crippen molar-refractivity contribution in [2.75, 3.05) is 26.8 Å². The summed E-state index contributed by atoms with van der Waals surface area (Å²) < 4.78 is 6.31. The summed E-state index contributed by atoms with van der Waals surface area (Å²) in [5, 5.41) is 9.96. The van der Waals surface area contributed by atoms with Crippen LogP contribution < -0.4 is 0 Å². The van der Waals surface area contributed by atoms with Gasteiger partial charge in [-0.3, -0.25) is 4.90 Å². The largest absolute Gasteiger partial charge is 0.507 e. The first kappa shape index (κ1) is 14.5. The van der Waals surface area contributed by atoms with Crippen molar-refractivity contribution in [2.24, 2.45) is 0 Å². The van der Waals surface area contributed by atoms with Crippen LogP contribution in [0.3, 0.4) is 0 Å². The summed E-state index contributed by atoms with van der Waals surface area (Å²) >= 11 is 3.45. The number of phenols is 1. The van der Waals surface area contributed by atoms with E-state index >= 15 is 0 Å². The first-order chi connectivity index (χ1) is 8.04. The summed E-state index contributed by atoms with van der Waals surface area (Å²) in [6.45, 7) is 6.95. The van der Waals surface area contributed by atoms with E-state index in [1.54, 1.807) is 0 Å². The van der Waals surface area contributed by atoms with Crippen LogP contribution in [0.25, 0.3) is 0 Å². The van der Waals surface area contributed by atoms with Crippen molar-refractivity contribution in [3.63, 3.8) is 0 Å². The van der Waals surface area contributed by atoms with Gasteiger partial charge in [-0.2, -0.15) is 0 Å². The van der Waals surface area contributed by atoms with E-state index in [4.69, 9.17) is 4.74 Å². The predicted molar refractivity (Wildman–Crippen MR) is 73.4 cm³/mol. The molecule has 0 aliphatic heterocycles. The molecule has 3 nitrogen and oxygen atoms in total. The summed E-state index contributed by atoms with van der Waals surface area (Å²) in [6, 6.07) is 3.87. The van der Waals surface area contributed by atoms with Gasteiger partial charge in [-0.25, -0.2) is 0 Å². The van der Waals surface area contributed by atoms with Crippen LogP contribution in [0, 0.1) is 6.92 Å². The maximum Gasteiger partial charge on any atom is 0.123 e. The Morgan fingerprint density at radius 1 is 1.41 bits per heavy atom. The number of benzene rings is 1. The Kier molecular flexibility index (Phi) is 5.95. The SMILES string of the molecule is CCOCCN(C)Cc1cc(Br)cc(C)c1O. The number of halogens is 1. The zero-order chi connectivity index (χ0) is 12.8. The second-order valence-corrected chi connectivity index (χ2v) is 5.08. The molecular formula is C13H20BrNO2. The molecule has 0 atom stereocenters. The zero-order valence-corrected chi connectivity index (χ0v) is 12.2. The molecule has 0 aromatic heterocycles. The molecule has 0 aliphatic rings. The lowest BCUT2D eigenvalue weighted by molar-refractivity contribution is 0.120. The molecule has 0 spiro atoms. The number of aromatic hydroxyl groups is 1. The van der Waals surface area contributed by atoms with E-state index in [-0.39, 0.29) is 0 Å². The smallest absolute Gasteiger partial charge is 0.123 e. The molecule has 0 radical (unpaired) electrons. The lowest BCUT2D eigenvalue weighted by atomic mass is 10.1. The van der Waals surface area contributed by atoms with Crippen molar-refractivity contribution >= 4 is 15.9 Å². The van der Waals surface area contributed by atoms with E-state index in [2.05, 4.69) is 20.8 Å². The number of ether oxygens (including phenoxy) is 1. The Balaban J connectivity index is 2.61. The quantitative estimate of drug-likeness (QED) is 0.820. The van der Waals surface area contributed by atoms with Crippen LogP contribution in [0.1, 0.15) is 18.1 Å². The van der Waals surface area contributed by atoms with Gasteiger partial charge >= 0.3 is 0 Å². The van der Waals surface area contributed by atoms with Crippen LogP contribution in [0.2, 0.25) is 0 Å². The van der Waals surface area contributed by atoms with Crippen molar-refractivity contribution in [3.05, 3.63) is 27.7 Å². The summed E-state index contributed by atoms with van der Waals surface area (Å²) in [7, 11) is 2.02. The van der Waals surface area contributed by atoms with Crippen LogP contribution in [0.15, 0.2) is 16.6 Å². The Morgan fingerprint density at radius 2 is 2.12 bits per heavy atom. The molecule has 1 aromatic rings. The minimum atomic E-state index is 0.386. The molecule has 17 heavy (non-hydrogen) atoms. The number of phenolic OH excluding ortho intramolecular Hbond substituents is 1. The third-order valence-electron chi connectivity index (χ3n) is 2.61. The monoisotopic (exact) mass is 301 g/mol. The summed E-state index contributed by atoms with van der Waals surface area (Å²) in [4.78, 5) is 2.14. The average molecular weight is 302 g/mol. The maximum absolute atomic E-state index is 9.96. The van der Waals surface area contributed by atoms with Crippen LogP contribution >= 0.6 is 15.9 Å². The van der Waals surface area contributed by atoms with Crippen molar-refractivity contribution in [1.82, 2.24) is 4.90 Å². The number of rotatable bonds is 6. The lowest BCUT2D eigenvalue weighted by Crippen LogP contribution is -2.22. The maximum atomic E-state index is 9.96. The standard InChI is InChI=1S/C13H20BrNO2/c1-4-17-6-5-15(3)9-11-8-12(14)7-10(2)13(11)16/h7-8,16H,4-6,9H2,1-3H3. The fraction of sp³-hybridized carbons (Fsp3) is 0.538. The van der Waals surface area contributed by atoms with Crippen molar-refractivity contribution in [1.29, 1.82) is 0 Å². The molecule has 96 valence electrons. The lowest BCUT2D eigenvalue weighted by Gasteiger charge is -2.18. The van der Waals surface area contributed by atoms with Gasteiger partial charge in [-0.05, 0) is 38.6 Å². The van der Waals surface area contributed by atoms with Crippen molar-refractivity contribution < 1.29 is 9.84 Å². The molecule has 0 heterocycles. The molecule has 0 unspecified atom stereocenters. The minimum absolute atomic E-state index is 0.386. The van der Waals surface area contributed by atoms with Gasteiger partial charge in [0, 0.05) is 29.7 Å². The normalized spacial score (nSPS) is 11.1. The Bertz CT molecular complexity index is 369. The van der Waals surface area contributed by atoms with Gasteiger partial charge in [0.25, 0.3) is 0 Å². The molecule has 0 aliphatic carbocycles. The van der Waals surface area contributed by atoms with Gasteiger partial charge in [0.1, 0.15) is 5.75 Å². The van der Waals surface area contributed by atoms with E-state index in [1.807, 2.05) is 33.0 Å².